The van der Waals surface area contributed by atoms with Crippen LogP contribution in [0.25, 0.3) is 0 Å². The van der Waals surface area contributed by atoms with Gasteiger partial charge in [0, 0.05) is 11.6 Å². The molecule has 1 aromatic rings. The minimum Gasteiger partial charge on any atom is -0.306 e. The van der Waals surface area contributed by atoms with Crippen molar-refractivity contribution in [3.05, 3.63) is 29.8 Å². The maximum atomic E-state index is 12.2. The SMILES string of the molecule is CN1CCC(NS(=O)(=O)c2ccc(C=O)cc2)CC1. The Morgan fingerprint density at radius 3 is 2.32 bits per heavy atom. The third kappa shape index (κ3) is 3.62. The lowest BCUT2D eigenvalue weighted by Gasteiger charge is -2.29. The number of hydrogen-bond donors (Lipinski definition) is 1. The van der Waals surface area contributed by atoms with E-state index in [1.54, 1.807) is 0 Å². The van der Waals surface area contributed by atoms with Crippen molar-refractivity contribution < 1.29 is 13.2 Å². The largest absolute Gasteiger partial charge is 0.306 e. The fourth-order valence-corrected chi connectivity index (χ4v) is 3.44. The van der Waals surface area contributed by atoms with Crippen LogP contribution in [0.3, 0.4) is 0 Å². The van der Waals surface area contributed by atoms with Crippen molar-refractivity contribution in [1.82, 2.24) is 9.62 Å². The average molecular weight is 282 g/mol. The van der Waals surface area contributed by atoms with Crippen molar-refractivity contribution in [2.24, 2.45) is 0 Å². The molecule has 0 saturated carbocycles. The number of carbonyl (C=O) groups excluding carboxylic acids is 1. The van der Waals surface area contributed by atoms with Gasteiger partial charge in [-0.1, -0.05) is 12.1 Å². The van der Waals surface area contributed by atoms with Crippen molar-refractivity contribution in [1.29, 1.82) is 0 Å². The minimum atomic E-state index is -3.49. The van der Waals surface area contributed by atoms with Gasteiger partial charge in [-0.15, -0.1) is 0 Å². The highest BCUT2D eigenvalue weighted by Gasteiger charge is 2.23. The number of nitrogens with zero attached hydrogens (tertiary/aromatic N) is 1. The van der Waals surface area contributed by atoms with Crippen molar-refractivity contribution in [3.63, 3.8) is 0 Å². The molecule has 1 fully saturated rings. The maximum Gasteiger partial charge on any atom is 0.240 e. The van der Waals surface area contributed by atoms with E-state index in [0.717, 1.165) is 25.9 Å². The Morgan fingerprint density at radius 2 is 1.79 bits per heavy atom. The molecule has 0 atom stereocenters. The highest BCUT2D eigenvalue weighted by atomic mass is 32.2. The zero-order chi connectivity index (χ0) is 13.9. The smallest absolute Gasteiger partial charge is 0.240 e. The summed E-state index contributed by atoms with van der Waals surface area (Å²) >= 11 is 0. The topological polar surface area (TPSA) is 66.5 Å². The number of piperidine rings is 1. The number of nitrogens with one attached hydrogen (secondary N) is 1. The molecule has 0 amide bonds. The van der Waals surface area contributed by atoms with Crippen LogP contribution in [-0.2, 0) is 10.0 Å². The van der Waals surface area contributed by atoms with Gasteiger partial charge in [-0.2, -0.15) is 0 Å². The fourth-order valence-electron chi connectivity index (χ4n) is 2.14. The molecule has 6 heteroatoms. The molecule has 104 valence electrons. The lowest BCUT2D eigenvalue weighted by molar-refractivity contribution is 0.112. The van der Waals surface area contributed by atoms with Crippen LogP contribution in [0.1, 0.15) is 23.2 Å². The van der Waals surface area contributed by atoms with Crippen LogP contribution in [0.15, 0.2) is 29.2 Å². The van der Waals surface area contributed by atoms with E-state index in [9.17, 15) is 13.2 Å². The van der Waals surface area contributed by atoms with Gasteiger partial charge in [0.15, 0.2) is 0 Å². The summed E-state index contributed by atoms with van der Waals surface area (Å²) in [5.41, 5.74) is 0.471. The number of benzene rings is 1. The molecular weight excluding hydrogens is 264 g/mol. The van der Waals surface area contributed by atoms with Crippen LogP contribution in [0.4, 0.5) is 0 Å². The number of likely N-dealkylation sites (tertiary alicyclic amines) is 1. The normalized spacial score (nSPS) is 18.4. The van der Waals surface area contributed by atoms with Gasteiger partial charge in [-0.3, -0.25) is 4.79 Å². The van der Waals surface area contributed by atoms with Crippen molar-refractivity contribution >= 4 is 16.3 Å². The molecule has 1 aliphatic heterocycles. The molecule has 0 radical (unpaired) electrons. The molecule has 1 heterocycles. The first-order chi connectivity index (χ1) is 9.01. The van der Waals surface area contributed by atoms with Gasteiger partial charge >= 0.3 is 0 Å². The second-order valence-corrected chi connectivity index (χ2v) is 6.60. The highest BCUT2D eigenvalue weighted by Crippen LogP contribution is 2.14. The summed E-state index contributed by atoms with van der Waals surface area (Å²) in [6.45, 7) is 1.80. The van der Waals surface area contributed by atoms with E-state index < -0.39 is 10.0 Å². The third-order valence-electron chi connectivity index (χ3n) is 3.37. The number of aldehydes is 1. The summed E-state index contributed by atoms with van der Waals surface area (Å²) in [6.07, 6.45) is 2.34. The number of rotatable bonds is 4. The molecule has 1 aromatic carbocycles. The van der Waals surface area contributed by atoms with Gasteiger partial charge < -0.3 is 4.90 Å². The maximum absolute atomic E-state index is 12.2. The Morgan fingerprint density at radius 1 is 1.21 bits per heavy atom. The molecule has 0 aliphatic carbocycles. The number of sulfonamides is 1. The first-order valence-electron chi connectivity index (χ1n) is 6.27. The fraction of sp³-hybridized carbons (Fsp3) is 0.462. The predicted molar refractivity (Wildman–Crippen MR) is 72.7 cm³/mol. The molecule has 0 unspecified atom stereocenters. The van der Waals surface area contributed by atoms with Crippen molar-refractivity contribution in [2.75, 3.05) is 20.1 Å². The van der Waals surface area contributed by atoms with Gasteiger partial charge in [0.25, 0.3) is 0 Å². The second-order valence-electron chi connectivity index (χ2n) is 4.89. The molecule has 5 nitrogen and oxygen atoms in total. The molecule has 1 N–H and O–H groups in total. The first-order valence-corrected chi connectivity index (χ1v) is 7.76. The summed E-state index contributed by atoms with van der Waals surface area (Å²) in [5.74, 6) is 0. The summed E-state index contributed by atoms with van der Waals surface area (Å²) in [4.78, 5) is 12.9. The number of hydrogen-bond acceptors (Lipinski definition) is 4. The van der Waals surface area contributed by atoms with Crippen molar-refractivity contribution in [3.8, 4) is 0 Å². The molecule has 1 saturated heterocycles. The standard InChI is InChI=1S/C13H18N2O3S/c1-15-8-6-12(7-9-15)14-19(17,18)13-4-2-11(10-16)3-5-13/h2-5,10,12,14H,6-9H2,1H3. The Balaban J connectivity index is 2.07. The Kier molecular flexibility index (Phi) is 4.34. The molecule has 0 bridgehead atoms. The summed E-state index contributed by atoms with van der Waals surface area (Å²) < 4.78 is 27.1. The van der Waals surface area contributed by atoms with Gasteiger partial charge in [0.1, 0.15) is 6.29 Å². The van der Waals surface area contributed by atoms with Gasteiger partial charge in [-0.25, -0.2) is 13.1 Å². The molecular formula is C13H18N2O3S. The van der Waals surface area contributed by atoms with Crippen LogP contribution in [0.2, 0.25) is 0 Å². The quantitative estimate of drug-likeness (QED) is 0.832. The number of carbonyl (C=O) groups is 1. The molecule has 0 aromatic heterocycles. The van der Waals surface area contributed by atoms with E-state index in [-0.39, 0.29) is 10.9 Å². The third-order valence-corrected chi connectivity index (χ3v) is 4.90. The second kappa shape index (κ2) is 5.81. The summed E-state index contributed by atoms with van der Waals surface area (Å²) in [7, 11) is -1.46. The van der Waals surface area contributed by atoms with Crippen LogP contribution < -0.4 is 4.72 Å². The van der Waals surface area contributed by atoms with Crippen LogP contribution >= 0.6 is 0 Å². The summed E-state index contributed by atoms with van der Waals surface area (Å²) in [6, 6.07) is 5.93. The van der Waals surface area contributed by atoms with Crippen LogP contribution in [0, 0.1) is 0 Å². The molecule has 19 heavy (non-hydrogen) atoms. The van der Waals surface area contributed by atoms with Crippen LogP contribution in [-0.4, -0.2) is 45.8 Å². The monoisotopic (exact) mass is 282 g/mol. The minimum absolute atomic E-state index is 0.00746. The Bertz CT molecular complexity index is 532. The molecule has 2 rings (SSSR count). The average Bonchev–Trinajstić information content (AvgIpc) is 2.41. The molecule has 0 spiro atoms. The Labute approximate surface area is 113 Å². The van der Waals surface area contributed by atoms with E-state index in [4.69, 9.17) is 0 Å². The van der Waals surface area contributed by atoms with E-state index in [1.807, 2.05) is 7.05 Å². The Hall–Kier alpha value is -1.24. The zero-order valence-electron chi connectivity index (χ0n) is 10.9. The van der Waals surface area contributed by atoms with Crippen LogP contribution in [0.5, 0.6) is 0 Å². The molecule has 1 aliphatic rings. The lowest BCUT2D eigenvalue weighted by Crippen LogP contribution is -2.43. The highest BCUT2D eigenvalue weighted by molar-refractivity contribution is 7.89. The van der Waals surface area contributed by atoms with E-state index in [2.05, 4.69) is 9.62 Å². The van der Waals surface area contributed by atoms with Gasteiger partial charge in [-0.05, 0) is 45.1 Å². The van der Waals surface area contributed by atoms with Gasteiger partial charge in [0.2, 0.25) is 10.0 Å². The first kappa shape index (κ1) is 14.2. The van der Waals surface area contributed by atoms with Crippen molar-refractivity contribution in [2.45, 2.75) is 23.8 Å². The van der Waals surface area contributed by atoms with E-state index >= 15 is 0 Å². The van der Waals surface area contributed by atoms with E-state index in [1.165, 1.54) is 24.3 Å². The lowest BCUT2D eigenvalue weighted by atomic mass is 10.1. The summed E-state index contributed by atoms with van der Waals surface area (Å²) in [5, 5.41) is 0. The van der Waals surface area contributed by atoms with E-state index in [0.29, 0.717) is 11.8 Å². The predicted octanol–water partition coefficient (Wildman–Crippen LogP) is 0.872. The zero-order valence-corrected chi connectivity index (χ0v) is 11.7. The van der Waals surface area contributed by atoms with Gasteiger partial charge in [0.05, 0.1) is 4.90 Å².